The van der Waals surface area contributed by atoms with Gasteiger partial charge in [-0.3, -0.25) is 4.79 Å². The molecule has 3 N–H and O–H groups in total. The van der Waals surface area contributed by atoms with Crippen molar-refractivity contribution in [3.63, 3.8) is 0 Å². The van der Waals surface area contributed by atoms with Crippen LogP contribution in [0.3, 0.4) is 0 Å². The van der Waals surface area contributed by atoms with Crippen molar-refractivity contribution < 1.29 is 9.59 Å². The Hall–Kier alpha value is -2.86. The fourth-order valence-corrected chi connectivity index (χ4v) is 3.96. The van der Waals surface area contributed by atoms with Gasteiger partial charge in [-0.2, -0.15) is 0 Å². The van der Waals surface area contributed by atoms with E-state index in [0.717, 1.165) is 54.0 Å². The third kappa shape index (κ3) is 4.02. The lowest BCUT2D eigenvalue weighted by atomic mass is 9.96. The van der Waals surface area contributed by atoms with Crippen molar-refractivity contribution in [3.8, 4) is 0 Å². The summed E-state index contributed by atoms with van der Waals surface area (Å²) in [6.07, 6.45) is 1.67. The van der Waals surface area contributed by atoms with E-state index in [2.05, 4.69) is 16.0 Å². The Bertz CT molecular complexity index is 873. The number of anilines is 2. The maximum atomic E-state index is 12.7. The van der Waals surface area contributed by atoms with Gasteiger partial charge in [-0.05, 0) is 55.6 Å². The zero-order valence-electron chi connectivity index (χ0n) is 16.1. The first-order valence-corrected chi connectivity index (χ1v) is 9.85. The Labute approximate surface area is 165 Å². The summed E-state index contributed by atoms with van der Waals surface area (Å²) in [5, 5.41) is 9.10. The second-order valence-corrected chi connectivity index (χ2v) is 7.59. The van der Waals surface area contributed by atoms with Crippen molar-refractivity contribution in [2.24, 2.45) is 5.92 Å². The maximum absolute atomic E-state index is 12.7. The molecule has 4 rings (SSSR count). The highest BCUT2D eigenvalue weighted by atomic mass is 16.2. The van der Waals surface area contributed by atoms with E-state index in [0.29, 0.717) is 13.1 Å². The normalized spacial score (nSPS) is 18.5. The summed E-state index contributed by atoms with van der Waals surface area (Å²) in [7, 11) is 0. The van der Waals surface area contributed by atoms with Crippen LogP contribution in [0, 0.1) is 12.8 Å². The number of carbonyl (C=O) groups excluding carboxylic acids is 2. The van der Waals surface area contributed by atoms with E-state index >= 15 is 0 Å². The molecule has 1 saturated heterocycles. The molecule has 2 aromatic rings. The molecular weight excluding hydrogens is 352 g/mol. The first kappa shape index (κ1) is 18.5. The molecule has 0 bridgehead atoms. The third-order valence-electron chi connectivity index (χ3n) is 5.54. The van der Waals surface area contributed by atoms with Crippen molar-refractivity contribution in [2.45, 2.75) is 26.3 Å². The van der Waals surface area contributed by atoms with Gasteiger partial charge in [-0.25, -0.2) is 4.79 Å². The first-order valence-electron chi connectivity index (χ1n) is 9.85. The topological polar surface area (TPSA) is 73.5 Å². The zero-order chi connectivity index (χ0) is 19.5. The van der Waals surface area contributed by atoms with Gasteiger partial charge < -0.3 is 20.9 Å². The van der Waals surface area contributed by atoms with E-state index < -0.39 is 0 Å². The molecule has 2 aliphatic rings. The number of aryl methyl sites for hydroxylation is 1. The van der Waals surface area contributed by atoms with Crippen LogP contribution in [-0.2, 0) is 17.8 Å². The van der Waals surface area contributed by atoms with Crippen molar-refractivity contribution in [1.29, 1.82) is 0 Å². The number of benzene rings is 2. The minimum Gasteiger partial charge on any atom is -0.338 e. The summed E-state index contributed by atoms with van der Waals surface area (Å²) in [5.41, 5.74) is 4.95. The van der Waals surface area contributed by atoms with Crippen LogP contribution in [0.2, 0.25) is 0 Å². The van der Waals surface area contributed by atoms with Gasteiger partial charge in [0.05, 0.1) is 5.92 Å². The molecule has 0 aliphatic carbocycles. The second-order valence-electron chi connectivity index (χ2n) is 7.59. The van der Waals surface area contributed by atoms with E-state index in [9.17, 15) is 9.59 Å². The minimum atomic E-state index is -0.257. The molecule has 1 fully saturated rings. The summed E-state index contributed by atoms with van der Waals surface area (Å²) >= 11 is 0. The molecule has 0 spiro atoms. The molecular formula is C22H26N4O2. The molecule has 3 amide bonds. The van der Waals surface area contributed by atoms with Crippen LogP contribution in [0.25, 0.3) is 0 Å². The largest absolute Gasteiger partial charge is 0.338 e. The molecule has 6 nitrogen and oxygen atoms in total. The van der Waals surface area contributed by atoms with Crippen molar-refractivity contribution in [3.05, 3.63) is 59.2 Å². The number of fused-ring (bicyclic) bond motifs is 1. The SMILES string of the molecule is Cc1ccc(NC(=O)Nc2cccc3c2CCN(C(=O)C2CCNC2)C3)cc1. The second kappa shape index (κ2) is 8.02. The Morgan fingerprint density at radius 2 is 1.93 bits per heavy atom. The third-order valence-corrected chi connectivity index (χ3v) is 5.54. The highest BCUT2D eigenvalue weighted by Gasteiger charge is 2.30. The summed E-state index contributed by atoms with van der Waals surface area (Å²) in [6.45, 7) is 5.02. The van der Waals surface area contributed by atoms with Crippen LogP contribution in [0.1, 0.15) is 23.1 Å². The number of rotatable bonds is 3. The number of hydrogen-bond acceptors (Lipinski definition) is 3. The van der Waals surface area contributed by atoms with E-state index in [4.69, 9.17) is 0 Å². The molecule has 146 valence electrons. The van der Waals surface area contributed by atoms with Gasteiger partial charge in [0.2, 0.25) is 5.91 Å². The molecule has 1 unspecified atom stereocenters. The number of amides is 3. The smallest absolute Gasteiger partial charge is 0.323 e. The van der Waals surface area contributed by atoms with E-state index in [1.54, 1.807) is 0 Å². The van der Waals surface area contributed by atoms with Gasteiger partial charge in [-0.15, -0.1) is 0 Å². The van der Waals surface area contributed by atoms with Gasteiger partial charge >= 0.3 is 6.03 Å². The highest BCUT2D eigenvalue weighted by molar-refractivity contribution is 6.00. The van der Waals surface area contributed by atoms with Gasteiger partial charge in [0.1, 0.15) is 0 Å². The molecule has 0 radical (unpaired) electrons. The Morgan fingerprint density at radius 1 is 1.11 bits per heavy atom. The Kier molecular flexibility index (Phi) is 5.30. The molecule has 28 heavy (non-hydrogen) atoms. The number of nitrogens with zero attached hydrogens (tertiary/aromatic N) is 1. The molecule has 2 aromatic carbocycles. The fourth-order valence-electron chi connectivity index (χ4n) is 3.96. The summed E-state index contributed by atoms with van der Waals surface area (Å²) in [6, 6.07) is 13.3. The summed E-state index contributed by atoms with van der Waals surface area (Å²) in [4.78, 5) is 27.1. The highest BCUT2D eigenvalue weighted by Crippen LogP contribution is 2.28. The number of nitrogens with one attached hydrogen (secondary N) is 3. The molecule has 0 aromatic heterocycles. The summed E-state index contributed by atoms with van der Waals surface area (Å²) < 4.78 is 0. The molecule has 2 heterocycles. The lowest BCUT2D eigenvalue weighted by Crippen LogP contribution is -2.40. The maximum Gasteiger partial charge on any atom is 0.323 e. The lowest BCUT2D eigenvalue weighted by Gasteiger charge is -2.31. The van der Waals surface area contributed by atoms with Crippen molar-refractivity contribution >= 4 is 23.3 Å². The van der Waals surface area contributed by atoms with Gasteiger partial charge in [0.25, 0.3) is 0 Å². The zero-order valence-corrected chi connectivity index (χ0v) is 16.1. The van der Waals surface area contributed by atoms with E-state index in [1.165, 1.54) is 0 Å². The van der Waals surface area contributed by atoms with Crippen LogP contribution >= 0.6 is 0 Å². The molecule has 2 aliphatic heterocycles. The van der Waals surface area contributed by atoms with Crippen molar-refractivity contribution in [2.75, 3.05) is 30.3 Å². The number of carbonyl (C=O) groups is 2. The average molecular weight is 378 g/mol. The first-order chi connectivity index (χ1) is 13.6. The van der Waals surface area contributed by atoms with E-state index in [-0.39, 0.29) is 17.9 Å². The van der Waals surface area contributed by atoms with Crippen LogP contribution in [0.5, 0.6) is 0 Å². The van der Waals surface area contributed by atoms with E-state index in [1.807, 2.05) is 54.3 Å². The van der Waals surface area contributed by atoms with Gasteiger partial charge in [-0.1, -0.05) is 29.8 Å². The van der Waals surface area contributed by atoms with Gasteiger partial charge in [0, 0.05) is 31.0 Å². The van der Waals surface area contributed by atoms with Crippen molar-refractivity contribution in [1.82, 2.24) is 10.2 Å². The van der Waals surface area contributed by atoms with Crippen LogP contribution in [-0.4, -0.2) is 36.5 Å². The summed E-state index contributed by atoms with van der Waals surface area (Å²) in [5.74, 6) is 0.342. The Morgan fingerprint density at radius 3 is 2.68 bits per heavy atom. The van der Waals surface area contributed by atoms with Gasteiger partial charge in [0.15, 0.2) is 0 Å². The van der Waals surface area contributed by atoms with Crippen LogP contribution in [0.4, 0.5) is 16.2 Å². The molecule has 1 atom stereocenters. The average Bonchev–Trinajstić information content (AvgIpc) is 3.24. The monoisotopic (exact) mass is 378 g/mol. The standard InChI is InChI=1S/C22H26N4O2/c1-15-5-7-18(8-6-15)24-22(28)25-20-4-2-3-17-14-26(12-10-19(17)20)21(27)16-9-11-23-13-16/h2-8,16,23H,9-14H2,1H3,(H2,24,25,28). The lowest BCUT2D eigenvalue weighted by molar-refractivity contribution is -0.135. The number of urea groups is 1. The quantitative estimate of drug-likeness (QED) is 0.768. The minimum absolute atomic E-state index is 0.100. The fraction of sp³-hybridized carbons (Fsp3) is 0.364. The molecule has 0 saturated carbocycles. The predicted octanol–water partition coefficient (Wildman–Crippen LogP) is 3.13. The van der Waals surface area contributed by atoms with Crippen LogP contribution < -0.4 is 16.0 Å². The van der Waals surface area contributed by atoms with Crippen LogP contribution in [0.15, 0.2) is 42.5 Å². The molecule has 6 heteroatoms. The predicted molar refractivity (Wildman–Crippen MR) is 110 cm³/mol. The number of hydrogen-bond donors (Lipinski definition) is 3. The Balaban J connectivity index is 1.43.